The van der Waals surface area contributed by atoms with Gasteiger partial charge in [0, 0.05) is 30.9 Å². The molecule has 1 aromatic heterocycles. The normalized spacial score (nSPS) is 10.3. The van der Waals surface area contributed by atoms with Crippen molar-refractivity contribution < 1.29 is 9.66 Å². The van der Waals surface area contributed by atoms with E-state index in [0.717, 1.165) is 18.5 Å². The number of nitrogens with one attached hydrogen (secondary N) is 1. The lowest BCUT2D eigenvalue weighted by atomic mass is 10.2. The predicted molar refractivity (Wildman–Crippen MR) is 79.2 cm³/mol. The number of benzene rings is 1. The number of non-ortho nitro benzene ring substituents is 1. The van der Waals surface area contributed by atoms with Crippen LogP contribution in [0.4, 0.5) is 5.69 Å². The van der Waals surface area contributed by atoms with Crippen LogP contribution in [0.15, 0.2) is 48.7 Å². The quantitative estimate of drug-likeness (QED) is 0.458. The van der Waals surface area contributed by atoms with E-state index in [1.165, 1.54) is 6.07 Å². The van der Waals surface area contributed by atoms with E-state index in [1.54, 1.807) is 18.3 Å². The summed E-state index contributed by atoms with van der Waals surface area (Å²) in [7, 11) is 0. The van der Waals surface area contributed by atoms with Crippen LogP contribution in [-0.4, -0.2) is 23.1 Å². The zero-order chi connectivity index (χ0) is 14.9. The third-order valence-electron chi connectivity index (χ3n) is 2.84. The molecular weight excluding hydrogens is 270 g/mol. The minimum absolute atomic E-state index is 0.118. The highest BCUT2D eigenvalue weighted by Gasteiger charge is 2.04. The molecule has 0 atom stereocenters. The van der Waals surface area contributed by atoms with Gasteiger partial charge < -0.3 is 10.1 Å². The van der Waals surface area contributed by atoms with Gasteiger partial charge in [0.2, 0.25) is 5.88 Å². The van der Waals surface area contributed by atoms with Crippen molar-refractivity contribution in [1.82, 2.24) is 10.3 Å². The van der Waals surface area contributed by atoms with Crippen molar-refractivity contribution in [2.24, 2.45) is 0 Å². The molecule has 0 aliphatic carbocycles. The number of ether oxygens (including phenoxy) is 1. The van der Waals surface area contributed by atoms with E-state index in [1.807, 2.05) is 24.3 Å². The fourth-order valence-corrected chi connectivity index (χ4v) is 1.82. The zero-order valence-corrected chi connectivity index (χ0v) is 11.6. The molecule has 110 valence electrons. The smallest absolute Gasteiger partial charge is 0.269 e. The van der Waals surface area contributed by atoms with E-state index in [-0.39, 0.29) is 10.6 Å². The van der Waals surface area contributed by atoms with Gasteiger partial charge in [-0.15, -0.1) is 0 Å². The summed E-state index contributed by atoms with van der Waals surface area (Å²) in [6.45, 7) is 1.96. The van der Waals surface area contributed by atoms with Gasteiger partial charge in [0.1, 0.15) is 0 Å². The molecule has 0 aliphatic rings. The number of nitrogens with zero attached hydrogens (tertiary/aromatic N) is 2. The van der Waals surface area contributed by atoms with Crippen LogP contribution < -0.4 is 10.1 Å². The molecule has 2 rings (SSSR count). The molecule has 0 bridgehead atoms. The first-order valence-electron chi connectivity index (χ1n) is 6.73. The number of nitro groups is 1. The number of hydrogen-bond donors (Lipinski definition) is 1. The molecule has 2 aromatic rings. The van der Waals surface area contributed by atoms with Crippen LogP contribution >= 0.6 is 0 Å². The molecule has 0 fully saturated rings. The molecule has 0 saturated carbocycles. The van der Waals surface area contributed by atoms with Gasteiger partial charge in [-0.1, -0.05) is 18.2 Å². The second-order valence-corrected chi connectivity index (χ2v) is 4.47. The van der Waals surface area contributed by atoms with Crippen molar-refractivity contribution in [3.8, 4) is 5.88 Å². The second-order valence-electron chi connectivity index (χ2n) is 4.47. The lowest BCUT2D eigenvalue weighted by Crippen LogP contribution is -2.17. The van der Waals surface area contributed by atoms with Crippen LogP contribution in [0.1, 0.15) is 12.0 Å². The monoisotopic (exact) mass is 287 g/mol. The lowest BCUT2D eigenvalue weighted by Gasteiger charge is -2.06. The summed E-state index contributed by atoms with van der Waals surface area (Å²) in [6.07, 6.45) is 2.53. The summed E-state index contributed by atoms with van der Waals surface area (Å²) >= 11 is 0. The standard InChI is InChI=1S/C15H17N3O3/c19-18(20)14-6-3-5-13(11-14)12-16-8-4-10-21-15-7-1-2-9-17-15/h1-3,5-7,9,11,16H,4,8,10,12H2. The maximum Gasteiger partial charge on any atom is 0.269 e. The molecule has 1 N–H and O–H groups in total. The average Bonchev–Trinajstić information content (AvgIpc) is 2.52. The summed E-state index contributed by atoms with van der Waals surface area (Å²) in [5, 5.41) is 13.9. The Hall–Kier alpha value is -2.47. The number of hydrogen-bond acceptors (Lipinski definition) is 5. The molecule has 0 amide bonds. The van der Waals surface area contributed by atoms with Crippen molar-refractivity contribution >= 4 is 5.69 Å². The Kier molecular flexibility index (Phi) is 5.66. The molecule has 0 aliphatic heterocycles. The van der Waals surface area contributed by atoms with Crippen LogP contribution in [0.2, 0.25) is 0 Å². The maximum absolute atomic E-state index is 10.7. The largest absolute Gasteiger partial charge is 0.478 e. The lowest BCUT2D eigenvalue weighted by molar-refractivity contribution is -0.384. The molecule has 0 saturated heterocycles. The molecule has 0 radical (unpaired) electrons. The van der Waals surface area contributed by atoms with E-state index in [9.17, 15) is 10.1 Å². The SMILES string of the molecule is O=[N+]([O-])c1cccc(CNCCCOc2ccccn2)c1. The maximum atomic E-state index is 10.7. The number of pyridine rings is 1. The van der Waals surface area contributed by atoms with Crippen LogP contribution in [0, 0.1) is 10.1 Å². The third-order valence-corrected chi connectivity index (χ3v) is 2.84. The first-order valence-corrected chi connectivity index (χ1v) is 6.73. The Balaban J connectivity index is 1.64. The number of rotatable bonds is 8. The van der Waals surface area contributed by atoms with Gasteiger partial charge in [-0.05, 0) is 24.6 Å². The zero-order valence-electron chi connectivity index (χ0n) is 11.6. The Morgan fingerprint density at radius 1 is 1.24 bits per heavy atom. The van der Waals surface area contributed by atoms with Crippen LogP contribution in [0.25, 0.3) is 0 Å². The summed E-state index contributed by atoms with van der Waals surface area (Å²) in [6, 6.07) is 12.2. The van der Waals surface area contributed by atoms with E-state index in [2.05, 4.69) is 10.3 Å². The minimum atomic E-state index is -0.385. The summed E-state index contributed by atoms with van der Waals surface area (Å²) in [5.74, 6) is 0.621. The van der Waals surface area contributed by atoms with Crippen molar-refractivity contribution in [2.45, 2.75) is 13.0 Å². The summed E-state index contributed by atoms with van der Waals surface area (Å²) in [4.78, 5) is 14.3. The van der Waals surface area contributed by atoms with E-state index >= 15 is 0 Å². The van der Waals surface area contributed by atoms with Gasteiger partial charge in [0.05, 0.1) is 11.5 Å². The van der Waals surface area contributed by atoms with Gasteiger partial charge in [-0.2, -0.15) is 0 Å². The van der Waals surface area contributed by atoms with Gasteiger partial charge >= 0.3 is 0 Å². The van der Waals surface area contributed by atoms with Crippen LogP contribution in [-0.2, 0) is 6.54 Å². The highest BCUT2D eigenvalue weighted by molar-refractivity contribution is 5.34. The molecule has 1 heterocycles. The van der Waals surface area contributed by atoms with Crippen LogP contribution in [0.5, 0.6) is 5.88 Å². The molecular formula is C15H17N3O3. The van der Waals surface area contributed by atoms with E-state index in [4.69, 9.17) is 4.74 Å². The Labute approximate surface area is 122 Å². The molecule has 0 unspecified atom stereocenters. The minimum Gasteiger partial charge on any atom is -0.478 e. The van der Waals surface area contributed by atoms with Crippen molar-refractivity contribution in [3.05, 3.63) is 64.3 Å². The Morgan fingerprint density at radius 3 is 2.90 bits per heavy atom. The first-order chi connectivity index (χ1) is 10.3. The molecule has 1 aromatic carbocycles. The third kappa shape index (κ3) is 5.19. The summed E-state index contributed by atoms with van der Waals surface area (Å²) in [5.41, 5.74) is 1.02. The van der Waals surface area contributed by atoms with Crippen LogP contribution in [0.3, 0.4) is 0 Å². The molecule has 6 heteroatoms. The van der Waals surface area contributed by atoms with Gasteiger partial charge in [-0.25, -0.2) is 4.98 Å². The first kappa shape index (κ1) is 14.9. The van der Waals surface area contributed by atoms with Crippen molar-refractivity contribution in [3.63, 3.8) is 0 Å². The van der Waals surface area contributed by atoms with Gasteiger partial charge in [0.15, 0.2) is 0 Å². The molecule has 0 spiro atoms. The second kappa shape index (κ2) is 7.96. The van der Waals surface area contributed by atoms with Crippen molar-refractivity contribution in [1.29, 1.82) is 0 Å². The summed E-state index contributed by atoms with van der Waals surface area (Å²) < 4.78 is 5.47. The topological polar surface area (TPSA) is 77.3 Å². The van der Waals surface area contributed by atoms with Crippen molar-refractivity contribution in [2.75, 3.05) is 13.2 Å². The Bertz CT molecular complexity index is 575. The highest BCUT2D eigenvalue weighted by atomic mass is 16.6. The number of aromatic nitrogens is 1. The molecule has 6 nitrogen and oxygen atoms in total. The van der Waals surface area contributed by atoms with E-state index in [0.29, 0.717) is 19.0 Å². The average molecular weight is 287 g/mol. The van der Waals surface area contributed by atoms with E-state index < -0.39 is 0 Å². The fraction of sp³-hybridized carbons (Fsp3) is 0.267. The fourth-order valence-electron chi connectivity index (χ4n) is 1.82. The number of nitro benzene ring substituents is 1. The highest BCUT2D eigenvalue weighted by Crippen LogP contribution is 2.12. The predicted octanol–water partition coefficient (Wildman–Crippen LogP) is 2.55. The Morgan fingerprint density at radius 2 is 2.14 bits per heavy atom. The molecule has 21 heavy (non-hydrogen) atoms. The van der Waals surface area contributed by atoms with Gasteiger partial charge in [0.25, 0.3) is 5.69 Å². The van der Waals surface area contributed by atoms with Gasteiger partial charge in [-0.3, -0.25) is 10.1 Å².